The van der Waals surface area contributed by atoms with Crippen molar-refractivity contribution in [3.05, 3.63) is 52.4 Å². The quantitative estimate of drug-likeness (QED) is 0.679. The molecular formula is C15H22OTi. The molecule has 0 radical (unpaired) electrons. The molecule has 1 aliphatic rings. The Morgan fingerprint density at radius 1 is 1.00 bits per heavy atom. The molecule has 2 rings (SSSR count). The number of para-hydroxylation sites is 1. The summed E-state index contributed by atoms with van der Waals surface area (Å²) in [5, 5.41) is 9.36. The predicted octanol–water partition coefficient (Wildman–Crippen LogP) is 5.24. The van der Waals surface area contributed by atoms with Crippen molar-refractivity contribution in [1.82, 2.24) is 0 Å². The van der Waals surface area contributed by atoms with Crippen molar-refractivity contribution < 1.29 is 17.7 Å². The van der Waals surface area contributed by atoms with Crippen molar-refractivity contribution in [1.29, 1.82) is 0 Å². The maximum atomic E-state index is 6.54. The third-order valence-electron chi connectivity index (χ3n) is 3.51. The van der Waals surface area contributed by atoms with Gasteiger partial charge in [0.15, 0.2) is 0 Å². The van der Waals surface area contributed by atoms with Crippen LogP contribution in [0.1, 0.15) is 6.42 Å². The van der Waals surface area contributed by atoms with E-state index in [1.54, 1.807) is 0 Å². The van der Waals surface area contributed by atoms with E-state index in [0.29, 0.717) is 0 Å². The van der Waals surface area contributed by atoms with Crippen LogP contribution >= 0.6 is 0 Å². The van der Waals surface area contributed by atoms with Crippen LogP contribution in [0.15, 0.2) is 52.4 Å². The normalized spacial score (nSPS) is 19.4. The van der Waals surface area contributed by atoms with Gasteiger partial charge in [-0.3, -0.25) is 0 Å². The van der Waals surface area contributed by atoms with Crippen LogP contribution in [0.3, 0.4) is 0 Å². The molecule has 0 atom stereocenters. The second-order valence-electron chi connectivity index (χ2n) is 7.66. The van der Waals surface area contributed by atoms with Gasteiger partial charge in [0.2, 0.25) is 0 Å². The van der Waals surface area contributed by atoms with Crippen LogP contribution < -0.4 is 3.32 Å². The van der Waals surface area contributed by atoms with Crippen LogP contribution in [0.2, 0.25) is 20.9 Å². The standard InChI is InChI=1S/C6H6O.C5H5.4CH3.Ti/c7-6-4-2-1-3-5-6;1-2-4-5-3-1;;;;;/h1-5,7H;1-3H,4H2;4*1H3;/q;;;;;;+1/p-1. The SMILES string of the molecule is [CH3][Ti]([CH3])([CH3])([CH3])([O]c1ccccc1)[C]1=CC=CC1. The molecule has 17 heavy (non-hydrogen) atoms. The van der Waals surface area contributed by atoms with Crippen LogP contribution in [0.25, 0.3) is 0 Å². The van der Waals surface area contributed by atoms with Gasteiger partial charge in [0.05, 0.1) is 0 Å². The van der Waals surface area contributed by atoms with Crippen molar-refractivity contribution in [2.45, 2.75) is 27.3 Å². The van der Waals surface area contributed by atoms with E-state index >= 15 is 0 Å². The topological polar surface area (TPSA) is 9.23 Å². The van der Waals surface area contributed by atoms with E-state index in [2.05, 4.69) is 39.1 Å². The molecule has 1 nitrogen and oxygen atoms in total. The molecular weight excluding hydrogens is 244 g/mol. The van der Waals surface area contributed by atoms with E-state index < -0.39 is 14.4 Å². The molecule has 0 spiro atoms. The number of benzene rings is 1. The Hall–Kier alpha value is -0.786. The third kappa shape index (κ3) is 2.73. The zero-order chi connectivity index (χ0) is 12.6. The van der Waals surface area contributed by atoms with Gasteiger partial charge in [-0.05, 0) is 0 Å². The molecule has 0 unspecified atom stereocenters. The summed E-state index contributed by atoms with van der Waals surface area (Å²) >= 11 is -3.52. The van der Waals surface area contributed by atoms with Crippen LogP contribution in [0.4, 0.5) is 0 Å². The van der Waals surface area contributed by atoms with Crippen LogP contribution in [0, 0.1) is 0 Å². The zero-order valence-electron chi connectivity index (χ0n) is 11.2. The fraction of sp³-hybridized carbons (Fsp3) is 0.333. The first-order valence-electron chi connectivity index (χ1n) is 6.29. The van der Waals surface area contributed by atoms with Gasteiger partial charge in [-0.2, -0.15) is 0 Å². The summed E-state index contributed by atoms with van der Waals surface area (Å²) in [7, 11) is 0. The zero-order valence-corrected chi connectivity index (χ0v) is 12.8. The van der Waals surface area contributed by atoms with E-state index in [1.807, 2.05) is 30.3 Å². The second-order valence-corrected chi connectivity index (χ2v) is 24.3. The summed E-state index contributed by atoms with van der Waals surface area (Å²) in [4.78, 5) is 0. The van der Waals surface area contributed by atoms with Gasteiger partial charge < -0.3 is 0 Å². The minimum absolute atomic E-state index is 0.986. The minimum atomic E-state index is -3.52. The van der Waals surface area contributed by atoms with Gasteiger partial charge in [0.25, 0.3) is 0 Å². The van der Waals surface area contributed by atoms with E-state index in [1.165, 1.54) is 3.88 Å². The predicted molar refractivity (Wildman–Crippen MR) is 72.4 cm³/mol. The molecule has 1 aromatic carbocycles. The fourth-order valence-electron chi connectivity index (χ4n) is 2.35. The maximum absolute atomic E-state index is 6.54. The first-order valence-corrected chi connectivity index (χ1v) is 14.0. The molecule has 0 fully saturated rings. The van der Waals surface area contributed by atoms with Gasteiger partial charge in [-0.15, -0.1) is 0 Å². The molecule has 0 amide bonds. The Morgan fingerprint density at radius 3 is 2.18 bits per heavy atom. The molecule has 0 bridgehead atoms. The molecule has 0 saturated heterocycles. The average Bonchev–Trinajstić information content (AvgIpc) is 2.70. The van der Waals surface area contributed by atoms with Crippen LogP contribution in [0.5, 0.6) is 5.75 Å². The van der Waals surface area contributed by atoms with Crippen molar-refractivity contribution in [2.24, 2.45) is 0 Å². The van der Waals surface area contributed by atoms with E-state index in [4.69, 9.17) is 3.32 Å². The molecule has 1 aromatic rings. The van der Waals surface area contributed by atoms with Crippen LogP contribution in [-0.2, 0) is 14.4 Å². The summed E-state index contributed by atoms with van der Waals surface area (Å²) in [5.74, 6) is 0.986. The Bertz CT molecular complexity index is 487. The molecule has 0 N–H and O–H groups in total. The fourth-order valence-corrected chi connectivity index (χ4v) is 7.31. The Labute approximate surface area is 103 Å². The summed E-state index contributed by atoms with van der Waals surface area (Å²) in [6.07, 6.45) is 7.64. The Kier molecular flexibility index (Phi) is 2.51. The molecule has 1 aliphatic carbocycles. The molecule has 0 aliphatic heterocycles. The van der Waals surface area contributed by atoms with E-state index in [9.17, 15) is 0 Å². The molecule has 0 aromatic heterocycles. The summed E-state index contributed by atoms with van der Waals surface area (Å²) in [6.45, 7) is 0. The van der Waals surface area contributed by atoms with Crippen molar-refractivity contribution >= 4 is 0 Å². The second kappa shape index (κ2) is 3.37. The summed E-state index contributed by atoms with van der Waals surface area (Å²) in [6, 6.07) is 10.2. The third-order valence-corrected chi connectivity index (χ3v) is 10.3. The van der Waals surface area contributed by atoms with Gasteiger partial charge >= 0.3 is 103 Å². The Morgan fingerprint density at radius 2 is 1.65 bits per heavy atom. The number of allylic oxidation sites excluding steroid dienone is 4. The molecule has 2 heteroatoms. The average molecular weight is 266 g/mol. The van der Waals surface area contributed by atoms with E-state index in [-0.39, 0.29) is 0 Å². The van der Waals surface area contributed by atoms with Crippen molar-refractivity contribution in [2.75, 3.05) is 0 Å². The van der Waals surface area contributed by atoms with Gasteiger partial charge in [0.1, 0.15) is 0 Å². The number of hydrogen-bond donors (Lipinski definition) is 0. The van der Waals surface area contributed by atoms with Crippen molar-refractivity contribution in [3.63, 3.8) is 0 Å². The Balaban J connectivity index is 2.39. The van der Waals surface area contributed by atoms with Crippen LogP contribution in [-0.4, -0.2) is 0 Å². The van der Waals surface area contributed by atoms with Crippen molar-refractivity contribution in [3.8, 4) is 5.75 Å². The van der Waals surface area contributed by atoms with Gasteiger partial charge in [-0.25, -0.2) is 0 Å². The first kappa shape index (κ1) is 12.7. The summed E-state index contributed by atoms with van der Waals surface area (Å²) in [5.41, 5.74) is 0. The number of hydrogen-bond acceptors (Lipinski definition) is 1. The van der Waals surface area contributed by atoms with Gasteiger partial charge in [0, 0.05) is 0 Å². The van der Waals surface area contributed by atoms with Gasteiger partial charge in [-0.1, -0.05) is 0 Å². The molecule has 0 saturated carbocycles. The van der Waals surface area contributed by atoms with E-state index in [0.717, 1.165) is 12.2 Å². The summed E-state index contributed by atoms with van der Waals surface area (Å²) < 4.78 is 8.02. The molecule has 0 heterocycles. The molecule has 92 valence electrons. The monoisotopic (exact) mass is 266 g/mol. The number of rotatable bonds is 3. The first-order chi connectivity index (χ1) is 7.70.